The van der Waals surface area contributed by atoms with Crippen LogP contribution in [0.4, 0.5) is 11.4 Å². The summed E-state index contributed by atoms with van der Waals surface area (Å²) in [5.41, 5.74) is 2.89. The van der Waals surface area contributed by atoms with Crippen LogP contribution in [0.1, 0.15) is 12.5 Å². The summed E-state index contributed by atoms with van der Waals surface area (Å²) in [6.07, 6.45) is 0.817. The highest BCUT2D eigenvalue weighted by molar-refractivity contribution is 6.31. The Bertz CT molecular complexity index is 743. The summed E-state index contributed by atoms with van der Waals surface area (Å²) < 4.78 is 10.9. The molecule has 1 aliphatic heterocycles. The highest BCUT2D eigenvalue weighted by atomic mass is 35.5. The number of halogens is 1. The van der Waals surface area contributed by atoms with E-state index >= 15 is 0 Å². The first-order chi connectivity index (χ1) is 12.7. The van der Waals surface area contributed by atoms with E-state index in [1.807, 2.05) is 37.3 Å². The Kier molecular flexibility index (Phi) is 6.36. The predicted molar refractivity (Wildman–Crippen MR) is 104 cm³/mol. The number of carbonyl (C=O) groups is 1. The molecule has 138 valence electrons. The van der Waals surface area contributed by atoms with Crippen molar-refractivity contribution in [2.45, 2.75) is 13.3 Å². The van der Waals surface area contributed by atoms with Crippen LogP contribution >= 0.6 is 11.6 Å². The smallest absolute Gasteiger partial charge is 0.262 e. The van der Waals surface area contributed by atoms with E-state index in [1.165, 1.54) is 0 Å². The number of benzene rings is 2. The number of amides is 1. The molecule has 26 heavy (non-hydrogen) atoms. The monoisotopic (exact) mass is 374 g/mol. The quantitative estimate of drug-likeness (QED) is 0.836. The predicted octanol–water partition coefficient (Wildman–Crippen LogP) is 3.76. The van der Waals surface area contributed by atoms with Gasteiger partial charge in [-0.3, -0.25) is 4.79 Å². The van der Waals surface area contributed by atoms with Crippen LogP contribution < -0.4 is 15.0 Å². The van der Waals surface area contributed by atoms with Gasteiger partial charge in [0.05, 0.1) is 13.2 Å². The van der Waals surface area contributed by atoms with Crippen molar-refractivity contribution in [2.24, 2.45) is 0 Å². The van der Waals surface area contributed by atoms with Crippen molar-refractivity contribution >= 4 is 28.9 Å². The Morgan fingerprint density at radius 2 is 1.92 bits per heavy atom. The van der Waals surface area contributed by atoms with E-state index in [2.05, 4.69) is 10.2 Å². The van der Waals surface area contributed by atoms with Crippen LogP contribution in [0, 0.1) is 0 Å². The van der Waals surface area contributed by atoms with Gasteiger partial charge in [-0.25, -0.2) is 0 Å². The lowest BCUT2D eigenvalue weighted by Crippen LogP contribution is -2.36. The Hall–Kier alpha value is -2.24. The van der Waals surface area contributed by atoms with Gasteiger partial charge in [-0.15, -0.1) is 0 Å². The normalized spacial score (nSPS) is 14.2. The summed E-state index contributed by atoms with van der Waals surface area (Å²) in [6, 6.07) is 13.2. The van der Waals surface area contributed by atoms with E-state index in [0.29, 0.717) is 10.8 Å². The minimum absolute atomic E-state index is 0.0456. The molecule has 2 aromatic carbocycles. The molecule has 0 radical (unpaired) electrons. The molecule has 0 spiro atoms. The Labute approximate surface area is 158 Å². The first kappa shape index (κ1) is 18.5. The maximum absolute atomic E-state index is 12.1. The van der Waals surface area contributed by atoms with Gasteiger partial charge in [0.15, 0.2) is 6.61 Å². The molecule has 0 atom stereocenters. The zero-order valence-corrected chi connectivity index (χ0v) is 15.6. The van der Waals surface area contributed by atoms with Gasteiger partial charge in [0.2, 0.25) is 0 Å². The summed E-state index contributed by atoms with van der Waals surface area (Å²) in [5, 5.41) is 3.56. The van der Waals surface area contributed by atoms with Crippen LogP contribution in [0.15, 0.2) is 42.5 Å². The van der Waals surface area contributed by atoms with E-state index < -0.39 is 0 Å². The van der Waals surface area contributed by atoms with Crippen molar-refractivity contribution in [3.63, 3.8) is 0 Å². The molecule has 1 fully saturated rings. The van der Waals surface area contributed by atoms with Crippen molar-refractivity contribution in [3.05, 3.63) is 53.1 Å². The minimum Gasteiger partial charge on any atom is -0.484 e. The zero-order chi connectivity index (χ0) is 18.4. The molecule has 0 unspecified atom stereocenters. The van der Waals surface area contributed by atoms with Crippen molar-refractivity contribution in [1.82, 2.24) is 0 Å². The molecule has 1 saturated heterocycles. The SMILES string of the molecule is CCc1cc(OCC(=O)Nc2ccc(N3CCOCC3)cc2)ccc1Cl. The number of ether oxygens (including phenoxy) is 2. The maximum atomic E-state index is 12.1. The van der Waals surface area contributed by atoms with Crippen LogP contribution in [0.2, 0.25) is 5.02 Å². The second-order valence-electron chi connectivity index (χ2n) is 6.09. The van der Waals surface area contributed by atoms with E-state index in [1.54, 1.807) is 12.1 Å². The number of hydrogen-bond donors (Lipinski definition) is 1. The Morgan fingerprint density at radius 3 is 2.62 bits per heavy atom. The van der Waals surface area contributed by atoms with Crippen LogP contribution in [0.25, 0.3) is 0 Å². The van der Waals surface area contributed by atoms with Gasteiger partial charge in [-0.05, 0) is 54.4 Å². The summed E-state index contributed by atoms with van der Waals surface area (Å²) >= 11 is 6.09. The molecule has 3 rings (SSSR count). The highest BCUT2D eigenvalue weighted by Gasteiger charge is 2.11. The van der Waals surface area contributed by atoms with Crippen LogP contribution in [-0.2, 0) is 16.0 Å². The lowest BCUT2D eigenvalue weighted by Gasteiger charge is -2.28. The molecule has 1 heterocycles. The van der Waals surface area contributed by atoms with Gasteiger partial charge in [0.25, 0.3) is 5.91 Å². The zero-order valence-electron chi connectivity index (χ0n) is 14.8. The van der Waals surface area contributed by atoms with Gasteiger partial charge < -0.3 is 19.7 Å². The molecule has 1 aliphatic rings. The number of nitrogens with one attached hydrogen (secondary N) is 1. The van der Waals surface area contributed by atoms with Crippen molar-refractivity contribution in [3.8, 4) is 5.75 Å². The van der Waals surface area contributed by atoms with E-state index in [0.717, 1.165) is 49.7 Å². The third kappa shape index (κ3) is 4.90. The number of aryl methyl sites for hydroxylation is 1. The average molecular weight is 375 g/mol. The van der Waals surface area contributed by atoms with E-state index in [9.17, 15) is 4.79 Å². The minimum atomic E-state index is -0.197. The second kappa shape index (κ2) is 8.92. The first-order valence-corrected chi connectivity index (χ1v) is 9.17. The fourth-order valence-corrected chi connectivity index (χ4v) is 3.09. The molecule has 1 N–H and O–H groups in total. The molecule has 1 amide bonds. The molecule has 5 nitrogen and oxygen atoms in total. The third-order valence-corrected chi connectivity index (χ3v) is 4.66. The summed E-state index contributed by atoms with van der Waals surface area (Å²) in [5.74, 6) is 0.446. The molecule has 6 heteroatoms. The van der Waals surface area contributed by atoms with Crippen LogP contribution in [0.5, 0.6) is 5.75 Å². The maximum Gasteiger partial charge on any atom is 0.262 e. The summed E-state index contributed by atoms with van der Waals surface area (Å²) in [7, 11) is 0. The Balaban J connectivity index is 1.51. The number of rotatable bonds is 6. The van der Waals surface area contributed by atoms with Crippen LogP contribution in [-0.4, -0.2) is 38.8 Å². The fraction of sp³-hybridized carbons (Fsp3) is 0.350. The standard InChI is InChI=1S/C20H23ClN2O3/c1-2-15-13-18(7-8-19(15)21)26-14-20(24)22-16-3-5-17(6-4-16)23-9-11-25-12-10-23/h3-8,13H,2,9-12,14H2,1H3,(H,22,24). The molecular weight excluding hydrogens is 352 g/mol. The van der Waals surface area contributed by atoms with Gasteiger partial charge in [-0.2, -0.15) is 0 Å². The first-order valence-electron chi connectivity index (χ1n) is 8.79. The lowest BCUT2D eigenvalue weighted by atomic mass is 10.1. The molecular formula is C20H23ClN2O3. The number of anilines is 2. The van der Waals surface area contributed by atoms with E-state index in [4.69, 9.17) is 21.1 Å². The molecule has 0 aliphatic carbocycles. The number of carbonyl (C=O) groups excluding carboxylic acids is 1. The molecule has 0 bridgehead atoms. The Morgan fingerprint density at radius 1 is 1.19 bits per heavy atom. The lowest BCUT2D eigenvalue weighted by molar-refractivity contribution is -0.118. The number of hydrogen-bond acceptors (Lipinski definition) is 4. The van der Waals surface area contributed by atoms with Gasteiger partial charge >= 0.3 is 0 Å². The second-order valence-corrected chi connectivity index (χ2v) is 6.50. The summed E-state index contributed by atoms with van der Waals surface area (Å²) in [4.78, 5) is 14.4. The highest BCUT2D eigenvalue weighted by Crippen LogP contribution is 2.23. The molecule has 0 aromatic heterocycles. The van der Waals surface area contributed by atoms with Crippen LogP contribution in [0.3, 0.4) is 0 Å². The summed E-state index contributed by atoms with van der Waals surface area (Å²) in [6.45, 7) is 5.26. The topological polar surface area (TPSA) is 50.8 Å². The van der Waals surface area contributed by atoms with Crippen molar-refractivity contribution < 1.29 is 14.3 Å². The van der Waals surface area contributed by atoms with Gasteiger partial charge in [-0.1, -0.05) is 18.5 Å². The van der Waals surface area contributed by atoms with E-state index in [-0.39, 0.29) is 12.5 Å². The number of morpholine rings is 1. The number of nitrogens with zero attached hydrogens (tertiary/aromatic N) is 1. The third-order valence-electron chi connectivity index (χ3n) is 4.30. The molecule has 0 saturated carbocycles. The largest absolute Gasteiger partial charge is 0.484 e. The fourth-order valence-electron chi connectivity index (χ4n) is 2.83. The molecule has 2 aromatic rings. The van der Waals surface area contributed by atoms with Gasteiger partial charge in [0.1, 0.15) is 5.75 Å². The van der Waals surface area contributed by atoms with Crippen molar-refractivity contribution in [2.75, 3.05) is 43.1 Å². The van der Waals surface area contributed by atoms with Crippen molar-refractivity contribution in [1.29, 1.82) is 0 Å². The average Bonchev–Trinajstić information content (AvgIpc) is 2.68. The van der Waals surface area contributed by atoms with Gasteiger partial charge in [0, 0.05) is 29.5 Å².